The van der Waals surface area contributed by atoms with Gasteiger partial charge in [0.1, 0.15) is 0 Å². The normalized spacial score (nSPS) is 26.7. The lowest BCUT2D eigenvalue weighted by Gasteiger charge is -2.39. The summed E-state index contributed by atoms with van der Waals surface area (Å²) in [5.41, 5.74) is 1.07. The monoisotopic (exact) mass is 285 g/mol. The molecule has 1 heterocycles. The second kappa shape index (κ2) is 5.01. The van der Waals surface area contributed by atoms with Gasteiger partial charge in [-0.3, -0.25) is 0 Å². The van der Waals surface area contributed by atoms with E-state index < -0.39 is 0 Å². The number of nitrogens with one attached hydrogen (secondary N) is 1. The first-order valence-corrected chi connectivity index (χ1v) is 7.28. The molecule has 3 rings (SSSR count). The molecule has 0 aromatic heterocycles. The summed E-state index contributed by atoms with van der Waals surface area (Å²) in [7, 11) is 0. The first kappa shape index (κ1) is 12.7. The molecule has 0 radical (unpaired) electrons. The Morgan fingerprint density at radius 2 is 2.00 bits per heavy atom. The van der Waals surface area contributed by atoms with E-state index in [1.54, 1.807) is 6.07 Å². The highest BCUT2D eigenvalue weighted by atomic mass is 35.5. The van der Waals surface area contributed by atoms with Crippen LogP contribution >= 0.6 is 23.2 Å². The van der Waals surface area contributed by atoms with Crippen LogP contribution in [0.15, 0.2) is 18.2 Å². The summed E-state index contributed by atoms with van der Waals surface area (Å²) in [6.45, 7) is 1.79. The zero-order valence-corrected chi connectivity index (χ0v) is 11.7. The Bertz CT molecular complexity index is 443. The maximum Gasteiger partial charge on any atom is 0.0971 e. The van der Waals surface area contributed by atoms with Crippen molar-refractivity contribution in [2.75, 3.05) is 13.1 Å². The zero-order valence-electron chi connectivity index (χ0n) is 10.2. The molecule has 4 heteroatoms. The molecular weight excluding hydrogens is 269 g/mol. The summed E-state index contributed by atoms with van der Waals surface area (Å²) in [6, 6.07) is 5.64. The SMILES string of the molecule is Clc1ccc(C2CNCC3(CCCC3)O2)c(Cl)c1. The maximum atomic E-state index is 6.35. The molecule has 2 fully saturated rings. The van der Waals surface area contributed by atoms with Gasteiger partial charge in [-0.1, -0.05) is 42.1 Å². The Kier molecular flexibility index (Phi) is 3.55. The molecule has 1 atom stereocenters. The zero-order chi connectivity index (χ0) is 12.6. The molecule has 2 aliphatic rings. The molecule has 18 heavy (non-hydrogen) atoms. The van der Waals surface area contributed by atoms with Crippen LogP contribution in [0.4, 0.5) is 0 Å². The van der Waals surface area contributed by atoms with E-state index in [4.69, 9.17) is 27.9 Å². The van der Waals surface area contributed by atoms with E-state index in [0.29, 0.717) is 10.0 Å². The maximum absolute atomic E-state index is 6.35. The summed E-state index contributed by atoms with van der Waals surface area (Å²) in [5.74, 6) is 0. The Morgan fingerprint density at radius 3 is 2.72 bits per heavy atom. The number of halogens is 2. The summed E-state index contributed by atoms with van der Waals surface area (Å²) in [6.07, 6.45) is 4.89. The second-order valence-electron chi connectivity index (χ2n) is 5.29. The smallest absolute Gasteiger partial charge is 0.0971 e. The molecule has 1 unspecified atom stereocenters. The topological polar surface area (TPSA) is 21.3 Å². The van der Waals surface area contributed by atoms with Gasteiger partial charge in [0.05, 0.1) is 11.7 Å². The van der Waals surface area contributed by atoms with E-state index in [1.807, 2.05) is 12.1 Å². The summed E-state index contributed by atoms with van der Waals surface area (Å²) in [5, 5.41) is 4.86. The Balaban J connectivity index is 1.83. The Labute approximate surface area is 118 Å². The molecule has 0 bridgehead atoms. The highest BCUT2D eigenvalue weighted by molar-refractivity contribution is 6.35. The molecule has 1 aliphatic carbocycles. The molecule has 98 valence electrons. The van der Waals surface area contributed by atoms with Gasteiger partial charge in [-0.2, -0.15) is 0 Å². The summed E-state index contributed by atoms with van der Waals surface area (Å²) in [4.78, 5) is 0. The molecule has 1 N–H and O–H groups in total. The van der Waals surface area contributed by atoms with E-state index in [0.717, 1.165) is 31.5 Å². The largest absolute Gasteiger partial charge is 0.364 e. The third-order valence-corrected chi connectivity index (χ3v) is 4.56. The van der Waals surface area contributed by atoms with E-state index in [9.17, 15) is 0 Å². The van der Waals surface area contributed by atoms with Crippen LogP contribution in [0.5, 0.6) is 0 Å². The highest BCUT2D eigenvalue weighted by Gasteiger charge is 2.40. The molecule has 1 aromatic carbocycles. The van der Waals surface area contributed by atoms with Crippen molar-refractivity contribution in [2.24, 2.45) is 0 Å². The average molecular weight is 286 g/mol. The van der Waals surface area contributed by atoms with Crippen molar-refractivity contribution in [3.8, 4) is 0 Å². The van der Waals surface area contributed by atoms with Crippen molar-refractivity contribution in [1.82, 2.24) is 5.32 Å². The Morgan fingerprint density at radius 1 is 1.22 bits per heavy atom. The molecule has 1 saturated heterocycles. The number of hydrogen-bond acceptors (Lipinski definition) is 2. The molecule has 2 nitrogen and oxygen atoms in total. The molecule has 0 amide bonds. The predicted octanol–water partition coefficient (Wildman–Crippen LogP) is 3.97. The fourth-order valence-corrected chi connectivity index (χ4v) is 3.60. The summed E-state index contributed by atoms with van der Waals surface area (Å²) < 4.78 is 6.35. The van der Waals surface area contributed by atoms with Crippen LogP contribution < -0.4 is 5.32 Å². The van der Waals surface area contributed by atoms with Gasteiger partial charge in [-0.15, -0.1) is 0 Å². The molecule has 1 saturated carbocycles. The first-order valence-electron chi connectivity index (χ1n) is 6.52. The van der Waals surface area contributed by atoms with Gasteiger partial charge in [0, 0.05) is 28.7 Å². The first-order chi connectivity index (χ1) is 8.69. The molecule has 1 aromatic rings. The lowest BCUT2D eigenvalue weighted by molar-refractivity contribution is -0.114. The van der Waals surface area contributed by atoms with Crippen molar-refractivity contribution in [1.29, 1.82) is 0 Å². The minimum atomic E-state index is 0.0336. The van der Waals surface area contributed by atoms with Crippen LogP contribution in [0.3, 0.4) is 0 Å². The van der Waals surface area contributed by atoms with E-state index in [2.05, 4.69) is 5.32 Å². The van der Waals surface area contributed by atoms with Gasteiger partial charge in [-0.25, -0.2) is 0 Å². The number of hydrogen-bond donors (Lipinski definition) is 1. The number of ether oxygens (including phenoxy) is 1. The van der Waals surface area contributed by atoms with Crippen LogP contribution in [0.25, 0.3) is 0 Å². The van der Waals surface area contributed by atoms with Crippen LogP contribution in [-0.2, 0) is 4.74 Å². The van der Waals surface area contributed by atoms with E-state index in [1.165, 1.54) is 12.8 Å². The van der Waals surface area contributed by atoms with Crippen LogP contribution in [0.2, 0.25) is 10.0 Å². The third kappa shape index (κ3) is 2.39. The predicted molar refractivity (Wildman–Crippen MR) is 74.4 cm³/mol. The van der Waals surface area contributed by atoms with Gasteiger partial charge in [0.2, 0.25) is 0 Å². The van der Waals surface area contributed by atoms with Crippen molar-refractivity contribution in [3.05, 3.63) is 33.8 Å². The quantitative estimate of drug-likeness (QED) is 0.843. The van der Waals surface area contributed by atoms with Gasteiger partial charge >= 0.3 is 0 Å². The fourth-order valence-electron chi connectivity index (χ4n) is 3.07. The highest BCUT2D eigenvalue weighted by Crippen LogP contribution is 2.40. The number of benzene rings is 1. The van der Waals surface area contributed by atoms with Gasteiger partial charge < -0.3 is 10.1 Å². The molecule has 1 aliphatic heterocycles. The van der Waals surface area contributed by atoms with Gasteiger partial charge in [0.15, 0.2) is 0 Å². The average Bonchev–Trinajstić information content (AvgIpc) is 2.77. The van der Waals surface area contributed by atoms with Crippen molar-refractivity contribution in [3.63, 3.8) is 0 Å². The number of morpholine rings is 1. The van der Waals surface area contributed by atoms with Crippen molar-refractivity contribution < 1.29 is 4.74 Å². The number of rotatable bonds is 1. The van der Waals surface area contributed by atoms with Crippen LogP contribution in [-0.4, -0.2) is 18.7 Å². The standard InChI is InChI=1S/C14H17Cl2NO/c15-10-3-4-11(12(16)7-10)13-8-17-9-14(18-13)5-1-2-6-14/h3-4,7,13,17H,1-2,5-6,8-9H2. The van der Waals surface area contributed by atoms with Crippen LogP contribution in [0.1, 0.15) is 37.4 Å². The minimum Gasteiger partial charge on any atom is -0.364 e. The minimum absolute atomic E-state index is 0.0336. The van der Waals surface area contributed by atoms with Crippen molar-refractivity contribution >= 4 is 23.2 Å². The molecule has 1 spiro atoms. The lowest BCUT2D eigenvalue weighted by atomic mass is 9.97. The third-order valence-electron chi connectivity index (χ3n) is 3.99. The lowest BCUT2D eigenvalue weighted by Crippen LogP contribution is -2.49. The molecular formula is C14H17Cl2NO. The summed E-state index contributed by atoms with van der Waals surface area (Å²) >= 11 is 12.2. The Hall–Kier alpha value is -0.280. The van der Waals surface area contributed by atoms with Crippen molar-refractivity contribution in [2.45, 2.75) is 37.4 Å². The van der Waals surface area contributed by atoms with E-state index in [-0.39, 0.29) is 11.7 Å². The van der Waals surface area contributed by atoms with Gasteiger partial charge in [-0.05, 0) is 25.0 Å². The fraction of sp³-hybridized carbons (Fsp3) is 0.571. The van der Waals surface area contributed by atoms with Gasteiger partial charge in [0.25, 0.3) is 0 Å². The van der Waals surface area contributed by atoms with E-state index >= 15 is 0 Å². The second-order valence-corrected chi connectivity index (χ2v) is 6.14. The van der Waals surface area contributed by atoms with Crippen LogP contribution in [0, 0.1) is 0 Å².